The van der Waals surface area contributed by atoms with Crippen LogP contribution in [0.5, 0.6) is 0 Å². The largest absolute Gasteiger partial charge is 0.329 e. The summed E-state index contributed by atoms with van der Waals surface area (Å²) in [6, 6.07) is 1.13. The number of rotatable bonds is 3. The van der Waals surface area contributed by atoms with Gasteiger partial charge in [0.25, 0.3) is 0 Å². The molecule has 1 fully saturated rings. The normalized spacial score (nSPS) is 27.0. The lowest BCUT2D eigenvalue weighted by molar-refractivity contribution is 0.0601. The topological polar surface area (TPSA) is 55.3 Å². The molecule has 0 aromatic rings. The summed E-state index contributed by atoms with van der Waals surface area (Å²) in [6.45, 7) is 4.80. The average molecular weight is 143 g/mol. The van der Waals surface area contributed by atoms with Gasteiger partial charge in [-0.2, -0.15) is 0 Å². The lowest BCUT2D eigenvalue weighted by Gasteiger charge is -2.43. The first-order valence-electron chi connectivity index (χ1n) is 3.95. The summed E-state index contributed by atoms with van der Waals surface area (Å²) >= 11 is 0. The number of hydrogen-bond acceptors (Lipinski definition) is 3. The highest BCUT2D eigenvalue weighted by Gasteiger charge is 2.28. The number of nitrogens with two attached hydrogens (primary N) is 2. The lowest BCUT2D eigenvalue weighted by Crippen LogP contribution is -2.56. The van der Waals surface area contributed by atoms with Gasteiger partial charge >= 0.3 is 0 Å². The van der Waals surface area contributed by atoms with Gasteiger partial charge < -0.3 is 11.5 Å². The van der Waals surface area contributed by atoms with Crippen molar-refractivity contribution < 1.29 is 0 Å². The Morgan fingerprint density at radius 3 is 2.20 bits per heavy atom. The van der Waals surface area contributed by atoms with E-state index in [4.69, 9.17) is 11.5 Å². The molecule has 1 rings (SSSR count). The van der Waals surface area contributed by atoms with Crippen LogP contribution in [0, 0.1) is 0 Å². The van der Waals surface area contributed by atoms with Gasteiger partial charge in [-0.15, -0.1) is 0 Å². The van der Waals surface area contributed by atoms with Crippen LogP contribution in [0.25, 0.3) is 0 Å². The first-order chi connectivity index (χ1) is 4.79. The molecule has 0 saturated carbocycles. The quantitative estimate of drug-likeness (QED) is 0.553. The number of nitrogens with zero attached hydrogens (tertiary/aromatic N) is 1. The summed E-state index contributed by atoms with van der Waals surface area (Å²) in [4.78, 5) is 2.38. The molecule has 4 N–H and O–H groups in total. The van der Waals surface area contributed by atoms with Crippen LogP contribution in [0.4, 0.5) is 0 Å². The van der Waals surface area contributed by atoms with E-state index < -0.39 is 0 Å². The van der Waals surface area contributed by atoms with E-state index in [9.17, 15) is 0 Å². The standard InChI is InChI=1S/C7H17N3/c1-6-2-3-10(6)7(4-8)5-9/h6-7H,2-5,8-9H2,1H3. The van der Waals surface area contributed by atoms with Gasteiger partial charge in [0.15, 0.2) is 0 Å². The van der Waals surface area contributed by atoms with Crippen molar-refractivity contribution in [3.05, 3.63) is 0 Å². The predicted octanol–water partition coefficient (Wildman–Crippen LogP) is -0.633. The summed E-state index contributed by atoms with van der Waals surface area (Å²) in [5.74, 6) is 0. The molecule has 1 aliphatic heterocycles. The van der Waals surface area contributed by atoms with Gasteiger partial charge in [-0.25, -0.2) is 0 Å². The fourth-order valence-corrected chi connectivity index (χ4v) is 1.45. The van der Waals surface area contributed by atoms with Crippen LogP contribution in [-0.4, -0.2) is 36.6 Å². The van der Waals surface area contributed by atoms with Crippen molar-refractivity contribution in [1.82, 2.24) is 4.90 Å². The first kappa shape index (κ1) is 7.98. The van der Waals surface area contributed by atoms with E-state index in [2.05, 4.69) is 11.8 Å². The molecule has 60 valence electrons. The molecule has 1 unspecified atom stereocenters. The number of likely N-dealkylation sites (tertiary alicyclic amines) is 1. The second kappa shape index (κ2) is 3.32. The molecule has 1 saturated heterocycles. The van der Waals surface area contributed by atoms with E-state index in [1.807, 2.05) is 0 Å². The summed E-state index contributed by atoms with van der Waals surface area (Å²) in [6.07, 6.45) is 1.30. The molecule has 0 radical (unpaired) electrons. The molecule has 10 heavy (non-hydrogen) atoms. The smallest absolute Gasteiger partial charge is 0.0343 e. The molecule has 0 aliphatic carbocycles. The zero-order valence-electron chi connectivity index (χ0n) is 6.59. The van der Waals surface area contributed by atoms with E-state index in [0.29, 0.717) is 25.2 Å². The zero-order valence-corrected chi connectivity index (χ0v) is 6.59. The molecular formula is C7H17N3. The minimum Gasteiger partial charge on any atom is -0.329 e. The van der Waals surface area contributed by atoms with E-state index in [-0.39, 0.29) is 0 Å². The highest BCUT2D eigenvalue weighted by molar-refractivity contribution is 4.86. The zero-order chi connectivity index (χ0) is 7.56. The van der Waals surface area contributed by atoms with Gasteiger partial charge in [0.2, 0.25) is 0 Å². The third-order valence-electron chi connectivity index (χ3n) is 2.38. The molecule has 1 heterocycles. The third-order valence-corrected chi connectivity index (χ3v) is 2.38. The summed E-state index contributed by atoms with van der Waals surface area (Å²) in [5, 5.41) is 0. The Morgan fingerprint density at radius 2 is 2.10 bits per heavy atom. The molecule has 0 aromatic heterocycles. The van der Waals surface area contributed by atoms with Gasteiger partial charge in [-0.3, -0.25) is 4.90 Å². The molecule has 0 aromatic carbocycles. The summed E-state index contributed by atoms with van der Waals surface area (Å²) < 4.78 is 0. The minimum absolute atomic E-state index is 0.420. The fraction of sp³-hybridized carbons (Fsp3) is 1.00. The highest BCUT2D eigenvalue weighted by Crippen LogP contribution is 2.18. The Labute approximate surface area is 62.4 Å². The molecule has 0 bridgehead atoms. The van der Waals surface area contributed by atoms with Gasteiger partial charge in [-0.05, 0) is 13.3 Å². The van der Waals surface area contributed by atoms with Gasteiger partial charge in [-0.1, -0.05) is 0 Å². The molecule has 0 amide bonds. The Kier molecular flexibility index (Phi) is 2.65. The van der Waals surface area contributed by atoms with E-state index in [1.54, 1.807) is 0 Å². The lowest BCUT2D eigenvalue weighted by atomic mass is 10.0. The Bertz CT molecular complexity index is 98.3. The van der Waals surface area contributed by atoms with E-state index in [1.165, 1.54) is 13.0 Å². The van der Waals surface area contributed by atoms with Crippen molar-refractivity contribution in [2.45, 2.75) is 25.4 Å². The van der Waals surface area contributed by atoms with Crippen LogP contribution in [0.15, 0.2) is 0 Å². The van der Waals surface area contributed by atoms with Crippen molar-refractivity contribution in [3.8, 4) is 0 Å². The van der Waals surface area contributed by atoms with Crippen LogP contribution in [0.3, 0.4) is 0 Å². The van der Waals surface area contributed by atoms with E-state index in [0.717, 1.165) is 0 Å². The SMILES string of the molecule is CC1CCN1C(CN)CN. The van der Waals surface area contributed by atoms with Gasteiger partial charge in [0.1, 0.15) is 0 Å². The summed E-state index contributed by atoms with van der Waals surface area (Å²) in [7, 11) is 0. The summed E-state index contributed by atoms with van der Waals surface area (Å²) in [5.41, 5.74) is 11.1. The average Bonchev–Trinajstić information content (AvgIpc) is 1.96. The van der Waals surface area contributed by atoms with Crippen molar-refractivity contribution in [3.63, 3.8) is 0 Å². The Hall–Kier alpha value is -0.120. The van der Waals surface area contributed by atoms with Crippen LogP contribution in [0.1, 0.15) is 13.3 Å². The van der Waals surface area contributed by atoms with Gasteiger partial charge in [0, 0.05) is 31.7 Å². The number of hydrogen-bond donors (Lipinski definition) is 2. The molecule has 3 heteroatoms. The maximum absolute atomic E-state index is 5.53. The van der Waals surface area contributed by atoms with Crippen LogP contribution >= 0.6 is 0 Å². The van der Waals surface area contributed by atoms with Crippen LogP contribution in [-0.2, 0) is 0 Å². The van der Waals surface area contributed by atoms with Crippen molar-refractivity contribution in [2.24, 2.45) is 11.5 Å². The third kappa shape index (κ3) is 1.31. The van der Waals surface area contributed by atoms with Gasteiger partial charge in [0.05, 0.1) is 0 Å². The second-order valence-electron chi connectivity index (χ2n) is 3.00. The second-order valence-corrected chi connectivity index (χ2v) is 3.00. The first-order valence-corrected chi connectivity index (χ1v) is 3.95. The molecule has 1 atom stereocenters. The highest BCUT2D eigenvalue weighted by atomic mass is 15.2. The Morgan fingerprint density at radius 1 is 1.50 bits per heavy atom. The maximum atomic E-state index is 5.53. The predicted molar refractivity (Wildman–Crippen MR) is 42.7 cm³/mol. The molecular weight excluding hydrogens is 126 g/mol. The van der Waals surface area contributed by atoms with Crippen molar-refractivity contribution in [1.29, 1.82) is 0 Å². The maximum Gasteiger partial charge on any atom is 0.0343 e. The van der Waals surface area contributed by atoms with Crippen molar-refractivity contribution >= 4 is 0 Å². The van der Waals surface area contributed by atoms with Crippen LogP contribution < -0.4 is 11.5 Å². The van der Waals surface area contributed by atoms with E-state index >= 15 is 0 Å². The Balaban J connectivity index is 2.31. The van der Waals surface area contributed by atoms with Crippen LogP contribution in [0.2, 0.25) is 0 Å². The molecule has 0 spiro atoms. The molecule has 1 aliphatic rings. The molecule has 3 nitrogen and oxygen atoms in total. The van der Waals surface area contributed by atoms with Crippen molar-refractivity contribution in [2.75, 3.05) is 19.6 Å². The fourth-order valence-electron chi connectivity index (χ4n) is 1.45. The minimum atomic E-state index is 0.420. The monoisotopic (exact) mass is 143 g/mol.